The van der Waals surface area contributed by atoms with E-state index in [9.17, 15) is 8.78 Å². The minimum Gasteiger partial charge on any atom is -0.365 e. The monoisotopic (exact) mass is 507 g/mol. The van der Waals surface area contributed by atoms with Crippen molar-refractivity contribution in [3.63, 3.8) is 0 Å². The Bertz CT molecular complexity index is 617. The van der Waals surface area contributed by atoms with Gasteiger partial charge in [0.2, 0.25) is 0 Å². The number of hydrogen-bond donors (Lipinski definition) is 2. The van der Waals surface area contributed by atoms with Gasteiger partial charge < -0.3 is 20.4 Å². The SMILES string of the molecule is CCNC(=NCCCN1CCCC1)NC1CCN(c2c(F)cccc2F)C1.I. The number of halogens is 3. The fraction of sp³-hybridized carbons (Fsp3) is 0.650. The number of rotatable bonds is 7. The lowest BCUT2D eigenvalue weighted by molar-refractivity contribution is 0.336. The van der Waals surface area contributed by atoms with E-state index < -0.39 is 11.6 Å². The van der Waals surface area contributed by atoms with Crippen molar-refractivity contribution in [1.82, 2.24) is 15.5 Å². The van der Waals surface area contributed by atoms with Gasteiger partial charge in [0, 0.05) is 32.2 Å². The highest BCUT2D eigenvalue weighted by Gasteiger charge is 2.27. The zero-order valence-electron chi connectivity index (χ0n) is 16.6. The van der Waals surface area contributed by atoms with Crippen LogP contribution in [0.15, 0.2) is 23.2 Å². The number of hydrogen-bond acceptors (Lipinski definition) is 3. The molecule has 5 nitrogen and oxygen atoms in total. The maximum absolute atomic E-state index is 14.0. The lowest BCUT2D eigenvalue weighted by Gasteiger charge is -2.21. The molecule has 158 valence electrons. The molecule has 1 aromatic carbocycles. The molecule has 0 aliphatic carbocycles. The first-order chi connectivity index (χ1) is 13.2. The van der Waals surface area contributed by atoms with Crippen molar-refractivity contribution >= 4 is 35.6 Å². The van der Waals surface area contributed by atoms with Gasteiger partial charge in [-0.25, -0.2) is 8.78 Å². The van der Waals surface area contributed by atoms with Crippen LogP contribution < -0.4 is 15.5 Å². The molecular formula is C20H32F2IN5. The van der Waals surface area contributed by atoms with Crippen LogP contribution in [0.1, 0.15) is 32.6 Å². The fourth-order valence-corrected chi connectivity index (χ4v) is 3.88. The average Bonchev–Trinajstić information content (AvgIpc) is 3.31. The van der Waals surface area contributed by atoms with Gasteiger partial charge in [0.15, 0.2) is 5.96 Å². The third kappa shape index (κ3) is 6.43. The average molecular weight is 507 g/mol. The number of likely N-dealkylation sites (tertiary alicyclic amines) is 1. The summed E-state index contributed by atoms with van der Waals surface area (Å²) >= 11 is 0. The number of para-hydroxylation sites is 1. The number of benzene rings is 1. The van der Waals surface area contributed by atoms with Crippen LogP contribution in [0.2, 0.25) is 0 Å². The molecular weight excluding hydrogens is 475 g/mol. The van der Waals surface area contributed by atoms with E-state index in [1.54, 1.807) is 4.90 Å². The normalized spacial score (nSPS) is 20.3. The summed E-state index contributed by atoms with van der Waals surface area (Å²) < 4.78 is 28.0. The molecule has 2 aliphatic heterocycles. The van der Waals surface area contributed by atoms with Crippen LogP contribution in [0.25, 0.3) is 0 Å². The molecule has 2 N–H and O–H groups in total. The fourth-order valence-electron chi connectivity index (χ4n) is 3.88. The maximum Gasteiger partial charge on any atom is 0.191 e. The first-order valence-electron chi connectivity index (χ1n) is 10.1. The van der Waals surface area contributed by atoms with Gasteiger partial charge >= 0.3 is 0 Å². The van der Waals surface area contributed by atoms with Crippen LogP contribution in [0, 0.1) is 11.6 Å². The van der Waals surface area contributed by atoms with Crippen molar-refractivity contribution in [2.45, 2.75) is 38.6 Å². The van der Waals surface area contributed by atoms with Crippen molar-refractivity contribution in [3.05, 3.63) is 29.8 Å². The van der Waals surface area contributed by atoms with E-state index >= 15 is 0 Å². The molecule has 0 bridgehead atoms. The molecule has 1 aromatic rings. The van der Waals surface area contributed by atoms with Crippen LogP contribution in [-0.4, -0.2) is 62.7 Å². The van der Waals surface area contributed by atoms with E-state index in [0.717, 1.165) is 38.4 Å². The Balaban J connectivity index is 0.00000280. The van der Waals surface area contributed by atoms with E-state index in [0.29, 0.717) is 13.1 Å². The number of guanidine groups is 1. The van der Waals surface area contributed by atoms with Crippen molar-refractivity contribution in [1.29, 1.82) is 0 Å². The second-order valence-electron chi connectivity index (χ2n) is 7.31. The Morgan fingerprint density at radius 3 is 2.57 bits per heavy atom. The molecule has 1 unspecified atom stereocenters. The van der Waals surface area contributed by atoms with Gasteiger partial charge in [0.25, 0.3) is 0 Å². The molecule has 3 rings (SSSR count). The van der Waals surface area contributed by atoms with Gasteiger partial charge in [0.1, 0.15) is 17.3 Å². The highest BCUT2D eigenvalue weighted by atomic mass is 127. The lowest BCUT2D eigenvalue weighted by Crippen LogP contribution is -2.44. The summed E-state index contributed by atoms with van der Waals surface area (Å²) in [6.07, 6.45) is 4.50. The van der Waals surface area contributed by atoms with E-state index in [1.807, 2.05) is 6.92 Å². The van der Waals surface area contributed by atoms with Gasteiger partial charge in [-0.2, -0.15) is 0 Å². The predicted octanol–water partition coefficient (Wildman–Crippen LogP) is 3.20. The first-order valence-corrected chi connectivity index (χ1v) is 10.1. The summed E-state index contributed by atoms with van der Waals surface area (Å²) in [6, 6.07) is 4.15. The molecule has 0 radical (unpaired) electrons. The predicted molar refractivity (Wildman–Crippen MR) is 122 cm³/mol. The zero-order chi connectivity index (χ0) is 19.1. The molecule has 1 atom stereocenters. The topological polar surface area (TPSA) is 42.9 Å². The summed E-state index contributed by atoms with van der Waals surface area (Å²) in [6.45, 7) is 8.34. The van der Waals surface area contributed by atoms with E-state index in [2.05, 4.69) is 20.5 Å². The Morgan fingerprint density at radius 1 is 1.18 bits per heavy atom. The van der Waals surface area contributed by atoms with Gasteiger partial charge in [0.05, 0.1) is 0 Å². The molecule has 2 saturated heterocycles. The molecule has 0 aromatic heterocycles. The van der Waals surface area contributed by atoms with Crippen molar-refractivity contribution < 1.29 is 8.78 Å². The third-order valence-electron chi connectivity index (χ3n) is 5.23. The summed E-state index contributed by atoms with van der Waals surface area (Å²) in [5.74, 6) is -0.212. The molecule has 8 heteroatoms. The molecule has 0 spiro atoms. The van der Waals surface area contributed by atoms with Crippen molar-refractivity contribution in [3.8, 4) is 0 Å². The van der Waals surface area contributed by atoms with Crippen LogP contribution in [0.3, 0.4) is 0 Å². The number of nitrogens with zero attached hydrogens (tertiary/aromatic N) is 3. The standard InChI is InChI=1S/C20H31F2N5.HI/c1-2-23-20(24-10-6-13-26-11-3-4-12-26)25-16-9-14-27(15-16)19-17(21)7-5-8-18(19)22;/h5,7-8,16H,2-4,6,9-15H2,1H3,(H2,23,24,25);1H. The van der Waals surface area contributed by atoms with Gasteiger partial charge in [-0.1, -0.05) is 6.07 Å². The Labute approximate surface area is 184 Å². The molecule has 2 fully saturated rings. The molecule has 28 heavy (non-hydrogen) atoms. The minimum absolute atomic E-state index is 0. The minimum atomic E-state index is -0.502. The molecule has 2 heterocycles. The maximum atomic E-state index is 14.0. The van der Waals surface area contributed by atoms with E-state index in [4.69, 9.17) is 0 Å². The van der Waals surface area contributed by atoms with Crippen LogP contribution >= 0.6 is 24.0 Å². The summed E-state index contributed by atoms with van der Waals surface area (Å²) in [5.41, 5.74) is 0.0781. The van der Waals surface area contributed by atoms with Gasteiger partial charge in [-0.05, 0) is 64.4 Å². The van der Waals surface area contributed by atoms with Crippen LogP contribution in [0.4, 0.5) is 14.5 Å². The van der Waals surface area contributed by atoms with Crippen molar-refractivity contribution in [2.75, 3.05) is 50.7 Å². The number of nitrogens with one attached hydrogen (secondary N) is 2. The largest absolute Gasteiger partial charge is 0.365 e. The lowest BCUT2D eigenvalue weighted by atomic mass is 10.2. The highest BCUT2D eigenvalue weighted by Crippen LogP contribution is 2.26. The van der Waals surface area contributed by atoms with Gasteiger partial charge in [-0.3, -0.25) is 4.99 Å². The van der Waals surface area contributed by atoms with Crippen LogP contribution in [0.5, 0.6) is 0 Å². The van der Waals surface area contributed by atoms with E-state index in [-0.39, 0.29) is 35.7 Å². The first kappa shape index (κ1) is 23.1. The third-order valence-corrected chi connectivity index (χ3v) is 5.23. The number of anilines is 1. The smallest absolute Gasteiger partial charge is 0.191 e. The van der Waals surface area contributed by atoms with Crippen molar-refractivity contribution in [2.24, 2.45) is 4.99 Å². The molecule has 0 amide bonds. The Hall–Kier alpha value is -1.16. The number of aliphatic imine (C=N–C) groups is 1. The summed E-state index contributed by atoms with van der Waals surface area (Å²) in [7, 11) is 0. The second kappa shape index (κ2) is 11.7. The molecule has 0 saturated carbocycles. The Kier molecular flexibility index (Phi) is 9.70. The molecule has 2 aliphatic rings. The van der Waals surface area contributed by atoms with E-state index in [1.165, 1.54) is 44.1 Å². The summed E-state index contributed by atoms with van der Waals surface area (Å²) in [4.78, 5) is 8.94. The zero-order valence-corrected chi connectivity index (χ0v) is 18.9. The summed E-state index contributed by atoms with van der Waals surface area (Å²) in [5, 5.41) is 6.70. The Morgan fingerprint density at radius 2 is 1.89 bits per heavy atom. The van der Waals surface area contributed by atoms with Gasteiger partial charge in [-0.15, -0.1) is 24.0 Å². The van der Waals surface area contributed by atoms with Crippen LogP contribution in [-0.2, 0) is 0 Å². The quantitative estimate of drug-likeness (QED) is 0.258. The highest BCUT2D eigenvalue weighted by molar-refractivity contribution is 14.0. The second-order valence-corrected chi connectivity index (χ2v) is 7.31.